The largest absolute Gasteiger partial charge is 0.329 e. The Hall–Kier alpha value is -3.51. The van der Waals surface area contributed by atoms with Gasteiger partial charge in [0, 0.05) is 18.8 Å². The first-order valence-corrected chi connectivity index (χ1v) is 10.2. The lowest BCUT2D eigenvalue weighted by Crippen LogP contribution is -3.11. The van der Waals surface area contributed by atoms with Crippen LogP contribution >= 0.6 is 0 Å². The first-order chi connectivity index (χ1) is 15.0. The Kier molecular flexibility index (Phi) is 7.90. The molecule has 0 aromatic heterocycles. The van der Waals surface area contributed by atoms with Crippen LogP contribution in [0.15, 0.2) is 84.9 Å². The molecule has 1 unspecified atom stereocenters. The van der Waals surface area contributed by atoms with Gasteiger partial charge in [-0.1, -0.05) is 66.7 Å². The molecule has 31 heavy (non-hydrogen) atoms. The van der Waals surface area contributed by atoms with E-state index in [1.807, 2.05) is 60.7 Å². The number of rotatable bonds is 9. The molecule has 0 aliphatic heterocycles. The van der Waals surface area contributed by atoms with Gasteiger partial charge in [-0.25, -0.2) is 4.39 Å². The van der Waals surface area contributed by atoms with E-state index in [1.54, 1.807) is 18.0 Å². The predicted octanol–water partition coefficient (Wildman–Crippen LogP) is 2.51. The molecule has 0 bridgehead atoms. The lowest BCUT2D eigenvalue weighted by Gasteiger charge is -2.24. The van der Waals surface area contributed by atoms with Crippen molar-refractivity contribution in [1.82, 2.24) is 4.90 Å². The lowest BCUT2D eigenvalue weighted by atomic mass is 10.1. The fourth-order valence-corrected chi connectivity index (χ4v) is 3.32. The van der Waals surface area contributed by atoms with Crippen LogP contribution in [0.3, 0.4) is 0 Å². The fourth-order valence-electron chi connectivity index (χ4n) is 3.32. The SMILES string of the molecule is C[NH+](CC(=O)Nc1cccc(F)c1)CC(=O)N(Cc1ccccc1)Cc1ccccc1. The highest BCUT2D eigenvalue weighted by Gasteiger charge is 2.20. The molecule has 1 atom stereocenters. The van der Waals surface area contributed by atoms with Crippen LogP contribution in [-0.2, 0) is 22.7 Å². The van der Waals surface area contributed by atoms with Gasteiger partial charge in [0.25, 0.3) is 11.8 Å². The number of likely N-dealkylation sites (N-methyl/N-ethyl adjacent to an activating group) is 1. The summed E-state index contributed by atoms with van der Waals surface area (Å²) in [5, 5.41) is 2.67. The van der Waals surface area contributed by atoms with Crippen LogP contribution in [-0.4, -0.2) is 36.9 Å². The highest BCUT2D eigenvalue weighted by Crippen LogP contribution is 2.10. The van der Waals surface area contributed by atoms with Gasteiger partial charge >= 0.3 is 0 Å². The van der Waals surface area contributed by atoms with E-state index in [-0.39, 0.29) is 24.9 Å². The second-order valence-electron chi connectivity index (χ2n) is 7.59. The monoisotopic (exact) mass is 420 g/mol. The number of anilines is 1. The minimum absolute atomic E-state index is 0.0382. The van der Waals surface area contributed by atoms with Gasteiger partial charge in [0.2, 0.25) is 0 Å². The van der Waals surface area contributed by atoms with Crippen molar-refractivity contribution in [1.29, 1.82) is 0 Å². The summed E-state index contributed by atoms with van der Waals surface area (Å²) in [5.41, 5.74) is 2.50. The maximum absolute atomic E-state index is 13.3. The average molecular weight is 421 g/mol. The van der Waals surface area contributed by atoms with Gasteiger partial charge in [-0.15, -0.1) is 0 Å². The number of hydrogen-bond donors (Lipinski definition) is 2. The molecule has 0 fully saturated rings. The maximum Gasteiger partial charge on any atom is 0.279 e. The summed E-state index contributed by atoms with van der Waals surface area (Å²) in [5.74, 6) is -0.719. The van der Waals surface area contributed by atoms with Crippen LogP contribution in [0, 0.1) is 5.82 Å². The van der Waals surface area contributed by atoms with Gasteiger partial charge in [-0.05, 0) is 29.3 Å². The Morgan fingerprint density at radius 3 is 1.97 bits per heavy atom. The molecule has 6 heteroatoms. The Morgan fingerprint density at radius 1 is 0.839 bits per heavy atom. The van der Waals surface area contributed by atoms with E-state index in [0.29, 0.717) is 18.8 Å². The van der Waals surface area contributed by atoms with Crippen LogP contribution in [0.4, 0.5) is 10.1 Å². The minimum Gasteiger partial charge on any atom is -0.329 e. The molecule has 0 aliphatic rings. The van der Waals surface area contributed by atoms with Crippen molar-refractivity contribution in [2.45, 2.75) is 13.1 Å². The number of carbonyl (C=O) groups is 2. The van der Waals surface area contributed by atoms with E-state index in [9.17, 15) is 14.0 Å². The number of nitrogens with zero attached hydrogens (tertiary/aromatic N) is 1. The molecule has 0 radical (unpaired) electrons. The van der Waals surface area contributed by atoms with Gasteiger partial charge in [0.05, 0.1) is 7.05 Å². The van der Waals surface area contributed by atoms with E-state index in [1.165, 1.54) is 18.2 Å². The van der Waals surface area contributed by atoms with E-state index < -0.39 is 5.82 Å². The molecule has 3 aromatic carbocycles. The minimum atomic E-state index is -0.411. The van der Waals surface area contributed by atoms with Crippen LogP contribution < -0.4 is 10.2 Å². The lowest BCUT2D eigenvalue weighted by molar-refractivity contribution is -0.862. The van der Waals surface area contributed by atoms with Gasteiger partial charge in [0.15, 0.2) is 13.1 Å². The summed E-state index contributed by atoms with van der Waals surface area (Å²) < 4.78 is 13.3. The van der Waals surface area contributed by atoms with Gasteiger partial charge in [-0.3, -0.25) is 9.59 Å². The smallest absolute Gasteiger partial charge is 0.279 e. The zero-order valence-corrected chi connectivity index (χ0v) is 17.6. The number of nitrogens with one attached hydrogen (secondary N) is 2. The number of halogens is 1. The Morgan fingerprint density at radius 2 is 1.42 bits per heavy atom. The molecule has 3 rings (SSSR count). The first-order valence-electron chi connectivity index (χ1n) is 10.2. The standard InChI is InChI=1S/C25H26FN3O2/c1-28(18-24(30)27-23-14-8-13-22(26)15-23)19-25(31)29(16-20-9-4-2-5-10-20)17-21-11-6-3-7-12-21/h2-15H,16-19H2,1H3,(H,27,30)/p+1. The zero-order valence-electron chi connectivity index (χ0n) is 17.6. The normalized spacial score (nSPS) is 11.5. The molecule has 0 aliphatic carbocycles. The molecule has 0 heterocycles. The summed E-state index contributed by atoms with van der Waals surface area (Å²) in [7, 11) is 1.80. The molecule has 2 amide bonds. The van der Waals surface area contributed by atoms with Crippen LogP contribution in [0.25, 0.3) is 0 Å². The van der Waals surface area contributed by atoms with Gasteiger partial charge in [0.1, 0.15) is 5.82 Å². The average Bonchev–Trinajstić information content (AvgIpc) is 2.74. The van der Waals surface area contributed by atoms with Crippen molar-refractivity contribution < 1.29 is 18.9 Å². The zero-order chi connectivity index (χ0) is 22.1. The third kappa shape index (κ3) is 7.35. The molecular weight excluding hydrogens is 393 g/mol. The second-order valence-corrected chi connectivity index (χ2v) is 7.59. The summed E-state index contributed by atoms with van der Waals surface area (Å²) in [6, 6.07) is 25.4. The van der Waals surface area contributed by atoms with Crippen molar-refractivity contribution in [2.75, 3.05) is 25.5 Å². The predicted molar refractivity (Wildman–Crippen MR) is 119 cm³/mol. The third-order valence-corrected chi connectivity index (χ3v) is 4.81. The maximum atomic E-state index is 13.3. The first kappa shape index (κ1) is 22.2. The molecule has 160 valence electrons. The molecule has 0 saturated carbocycles. The van der Waals surface area contributed by atoms with E-state index >= 15 is 0 Å². The Labute approximate surface area is 182 Å². The quantitative estimate of drug-likeness (QED) is 0.559. The highest BCUT2D eigenvalue weighted by molar-refractivity contribution is 5.91. The van der Waals surface area contributed by atoms with Crippen LogP contribution in [0.5, 0.6) is 0 Å². The van der Waals surface area contributed by atoms with E-state index in [4.69, 9.17) is 0 Å². The Bertz CT molecular complexity index is 954. The van der Waals surface area contributed by atoms with Gasteiger partial charge < -0.3 is 15.1 Å². The van der Waals surface area contributed by atoms with E-state index in [2.05, 4.69) is 5.32 Å². The second kappa shape index (κ2) is 11.0. The number of benzene rings is 3. The summed E-state index contributed by atoms with van der Waals surface area (Å²) in [6.07, 6.45) is 0. The van der Waals surface area contributed by atoms with Crippen molar-refractivity contribution in [3.8, 4) is 0 Å². The topological polar surface area (TPSA) is 53.9 Å². The van der Waals surface area contributed by atoms with Crippen LogP contribution in [0.1, 0.15) is 11.1 Å². The van der Waals surface area contributed by atoms with Gasteiger partial charge in [-0.2, -0.15) is 0 Å². The van der Waals surface area contributed by atoms with Crippen molar-refractivity contribution >= 4 is 17.5 Å². The number of amides is 2. The molecular formula is C25H27FN3O2+. The van der Waals surface area contributed by atoms with Crippen molar-refractivity contribution in [3.63, 3.8) is 0 Å². The number of quaternary nitrogens is 1. The van der Waals surface area contributed by atoms with Crippen molar-refractivity contribution in [3.05, 3.63) is 102 Å². The van der Waals surface area contributed by atoms with Crippen molar-refractivity contribution in [2.24, 2.45) is 0 Å². The summed E-state index contributed by atoms with van der Waals surface area (Å²) in [6.45, 7) is 1.28. The molecule has 0 spiro atoms. The Balaban J connectivity index is 1.60. The number of carbonyl (C=O) groups excluding carboxylic acids is 2. The van der Waals surface area contributed by atoms with Crippen LogP contribution in [0.2, 0.25) is 0 Å². The molecule has 5 nitrogen and oxygen atoms in total. The molecule has 0 saturated heterocycles. The molecule has 2 N–H and O–H groups in total. The summed E-state index contributed by atoms with van der Waals surface area (Å²) in [4.78, 5) is 27.9. The highest BCUT2D eigenvalue weighted by atomic mass is 19.1. The fraction of sp³-hybridized carbons (Fsp3) is 0.200. The van der Waals surface area contributed by atoms with E-state index in [0.717, 1.165) is 16.0 Å². The third-order valence-electron chi connectivity index (χ3n) is 4.81. The number of hydrogen-bond acceptors (Lipinski definition) is 2. The summed E-state index contributed by atoms with van der Waals surface area (Å²) >= 11 is 0. The molecule has 3 aromatic rings.